The van der Waals surface area contributed by atoms with Crippen molar-refractivity contribution in [2.75, 3.05) is 26.2 Å². The normalized spacial score (nSPS) is 10.3. The highest BCUT2D eigenvalue weighted by Gasteiger charge is 1.95. The molecule has 0 aliphatic carbocycles. The molecule has 2 aromatic carbocycles. The highest BCUT2D eigenvalue weighted by Crippen LogP contribution is 2.05. The highest BCUT2D eigenvalue weighted by molar-refractivity contribution is 5.85. The maximum Gasteiger partial charge on any atom is -0.00488 e. The number of halogens is 2. The minimum Gasteiger partial charge on any atom is -0.317 e. The Hall–Kier alpha value is -1.06. The number of benzene rings is 2. The van der Waals surface area contributed by atoms with E-state index in [0.29, 0.717) is 0 Å². The molecule has 0 fully saturated rings. The van der Waals surface area contributed by atoms with Crippen LogP contribution in [0.25, 0.3) is 0 Å². The topological polar surface area (TPSA) is 24.1 Å². The molecule has 2 rings (SSSR count). The lowest BCUT2D eigenvalue weighted by Gasteiger charge is -2.06. The van der Waals surface area contributed by atoms with Crippen molar-refractivity contribution in [1.82, 2.24) is 10.6 Å². The molecular weight excluding hydrogens is 411 g/mol. The number of hydrogen-bond acceptors (Lipinski definition) is 2. The molecule has 0 saturated carbocycles. The molecule has 2 nitrogen and oxygen atoms in total. The lowest BCUT2D eigenvalue weighted by atomic mass is 10.1. The van der Waals surface area contributed by atoms with E-state index in [1.807, 2.05) is 0 Å². The fraction of sp³-hybridized carbons (Fsp3) is 0.538. The van der Waals surface area contributed by atoms with Crippen LogP contribution in [-0.2, 0) is 12.8 Å². The molecule has 2 aromatic rings. The smallest absolute Gasteiger partial charge is 0.00488 e. The molecule has 4 heteroatoms. The van der Waals surface area contributed by atoms with Crippen LogP contribution in [0.5, 0.6) is 0 Å². The Morgan fingerprint density at radius 3 is 1.10 bits per heavy atom. The van der Waals surface area contributed by atoms with Crippen LogP contribution in [0.1, 0.15) is 62.5 Å². The van der Waals surface area contributed by atoms with Crippen molar-refractivity contribution in [3.8, 4) is 0 Å². The average molecular weight is 454 g/mol. The summed E-state index contributed by atoms with van der Waals surface area (Å²) in [4.78, 5) is 0. The average Bonchev–Trinajstić information content (AvgIpc) is 2.75. The van der Waals surface area contributed by atoms with Crippen molar-refractivity contribution < 1.29 is 0 Å². The second-order valence-electron chi connectivity index (χ2n) is 7.80. The van der Waals surface area contributed by atoms with Crippen LogP contribution in [0.3, 0.4) is 0 Å². The minimum atomic E-state index is 0. The zero-order valence-electron chi connectivity index (χ0n) is 18.5. The molecule has 0 radical (unpaired) electrons. The molecule has 0 aliphatic heterocycles. The molecule has 30 heavy (non-hydrogen) atoms. The predicted molar refractivity (Wildman–Crippen MR) is 137 cm³/mol. The summed E-state index contributed by atoms with van der Waals surface area (Å²) >= 11 is 0. The van der Waals surface area contributed by atoms with Gasteiger partial charge in [0.2, 0.25) is 0 Å². The largest absolute Gasteiger partial charge is 0.317 e. The van der Waals surface area contributed by atoms with E-state index < -0.39 is 0 Å². The molecule has 0 aliphatic rings. The summed E-state index contributed by atoms with van der Waals surface area (Å²) < 4.78 is 0. The maximum atomic E-state index is 3.59. The Morgan fingerprint density at radius 1 is 0.400 bits per heavy atom. The van der Waals surface area contributed by atoms with E-state index in [2.05, 4.69) is 71.3 Å². The predicted octanol–water partition coefficient (Wildman–Crippen LogP) is 6.62. The molecular formula is C26H42Cl2N2. The van der Waals surface area contributed by atoms with E-state index in [-0.39, 0.29) is 24.8 Å². The van der Waals surface area contributed by atoms with Crippen LogP contribution in [-0.4, -0.2) is 26.2 Å². The van der Waals surface area contributed by atoms with Gasteiger partial charge in [-0.05, 0) is 88.7 Å². The van der Waals surface area contributed by atoms with Crippen LogP contribution >= 0.6 is 24.8 Å². The molecule has 0 amide bonds. The van der Waals surface area contributed by atoms with Crippen LogP contribution in [0, 0.1) is 0 Å². The fourth-order valence-corrected chi connectivity index (χ4v) is 3.55. The van der Waals surface area contributed by atoms with Gasteiger partial charge in [0, 0.05) is 0 Å². The van der Waals surface area contributed by atoms with E-state index >= 15 is 0 Å². The first kappa shape index (κ1) is 28.9. The van der Waals surface area contributed by atoms with Gasteiger partial charge in [0.05, 0.1) is 0 Å². The van der Waals surface area contributed by atoms with Gasteiger partial charge in [0.25, 0.3) is 0 Å². The lowest BCUT2D eigenvalue weighted by molar-refractivity contribution is 0.546. The van der Waals surface area contributed by atoms with Gasteiger partial charge in [-0.2, -0.15) is 0 Å². The van der Waals surface area contributed by atoms with Crippen LogP contribution < -0.4 is 10.6 Å². The molecule has 0 saturated heterocycles. The standard InChI is InChI=1S/C26H40N2.2ClH/c1(11-21-27-23-13-9-19-25-15-5-3-6-16-25)2-12-22-28-24-14-10-20-26-17-7-4-8-18-26;;/h3-8,15-18,27-28H,1-2,9-14,19-24H2;2*1H. The SMILES string of the molecule is Cl.Cl.c1ccc(CCCCNCCCCCCNCCCCc2ccccc2)cc1. The van der Waals surface area contributed by atoms with Gasteiger partial charge in [0.1, 0.15) is 0 Å². The van der Waals surface area contributed by atoms with Crippen molar-refractivity contribution >= 4 is 24.8 Å². The van der Waals surface area contributed by atoms with Crippen molar-refractivity contribution in [3.63, 3.8) is 0 Å². The third kappa shape index (κ3) is 15.7. The highest BCUT2D eigenvalue weighted by atomic mass is 35.5. The van der Waals surface area contributed by atoms with E-state index in [1.165, 1.54) is 88.4 Å². The summed E-state index contributed by atoms with van der Waals surface area (Å²) in [5, 5.41) is 7.19. The first-order chi connectivity index (χ1) is 13.9. The lowest BCUT2D eigenvalue weighted by Crippen LogP contribution is -2.18. The van der Waals surface area contributed by atoms with E-state index in [1.54, 1.807) is 0 Å². The molecule has 0 spiro atoms. The second kappa shape index (κ2) is 21.2. The van der Waals surface area contributed by atoms with E-state index in [0.717, 1.165) is 13.1 Å². The van der Waals surface area contributed by atoms with Gasteiger partial charge in [-0.15, -0.1) is 24.8 Å². The van der Waals surface area contributed by atoms with Crippen LogP contribution in [0.2, 0.25) is 0 Å². The van der Waals surface area contributed by atoms with Gasteiger partial charge in [-0.3, -0.25) is 0 Å². The van der Waals surface area contributed by atoms with Crippen molar-refractivity contribution in [1.29, 1.82) is 0 Å². The first-order valence-corrected chi connectivity index (χ1v) is 11.4. The molecule has 0 bridgehead atoms. The van der Waals surface area contributed by atoms with Gasteiger partial charge in [-0.1, -0.05) is 73.5 Å². The first-order valence-electron chi connectivity index (χ1n) is 11.4. The number of nitrogens with one attached hydrogen (secondary N) is 2. The number of rotatable bonds is 17. The van der Waals surface area contributed by atoms with Crippen LogP contribution in [0.4, 0.5) is 0 Å². The maximum absolute atomic E-state index is 3.59. The monoisotopic (exact) mass is 452 g/mol. The Morgan fingerprint density at radius 2 is 0.733 bits per heavy atom. The summed E-state index contributed by atoms with van der Waals surface area (Å²) in [6, 6.07) is 21.6. The molecule has 0 unspecified atom stereocenters. The summed E-state index contributed by atoms with van der Waals surface area (Å²) in [7, 11) is 0. The van der Waals surface area contributed by atoms with E-state index in [4.69, 9.17) is 0 Å². The quantitative estimate of drug-likeness (QED) is 0.263. The van der Waals surface area contributed by atoms with Crippen LogP contribution in [0.15, 0.2) is 60.7 Å². The third-order valence-corrected chi connectivity index (χ3v) is 5.28. The summed E-state index contributed by atoms with van der Waals surface area (Å²) in [6.07, 6.45) is 12.9. The Bertz CT molecular complexity index is 525. The summed E-state index contributed by atoms with van der Waals surface area (Å²) in [5.74, 6) is 0. The Kier molecular flexibility index (Phi) is 20.4. The molecule has 0 atom stereocenters. The number of unbranched alkanes of at least 4 members (excludes halogenated alkanes) is 5. The van der Waals surface area contributed by atoms with Crippen molar-refractivity contribution in [2.24, 2.45) is 0 Å². The summed E-state index contributed by atoms with van der Waals surface area (Å²) in [6.45, 7) is 4.69. The van der Waals surface area contributed by atoms with Gasteiger partial charge in [0.15, 0.2) is 0 Å². The van der Waals surface area contributed by atoms with E-state index in [9.17, 15) is 0 Å². The fourth-order valence-electron chi connectivity index (χ4n) is 3.55. The van der Waals surface area contributed by atoms with Crippen molar-refractivity contribution in [3.05, 3.63) is 71.8 Å². The number of aryl methyl sites for hydroxylation is 2. The van der Waals surface area contributed by atoms with Crippen molar-refractivity contribution in [2.45, 2.75) is 64.2 Å². The molecule has 170 valence electrons. The molecule has 2 N–H and O–H groups in total. The third-order valence-electron chi connectivity index (χ3n) is 5.28. The number of hydrogen-bond donors (Lipinski definition) is 2. The molecule has 0 aromatic heterocycles. The Balaban J connectivity index is 0.00000420. The van der Waals surface area contributed by atoms with Gasteiger partial charge < -0.3 is 10.6 Å². The second-order valence-corrected chi connectivity index (χ2v) is 7.80. The summed E-state index contributed by atoms with van der Waals surface area (Å²) in [5.41, 5.74) is 2.93. The van der Waals surface area contributed by atoms with Gasteiger partial charge >= 0.3 is 0 Å². The zero-order chi connectivity index (χ0) is 19.5. The molecule has 0 heterocycles. The Labute approximate surface area is 197 Å². The zero-order valence-corrected chi connectivity index (χ0v) is 20.1. The van der Waals surface area contributed by atoms with Gasteiger partial charge in [-0.25, -0.2) is 0 Å². The minimum absolute atomic E-state index is 0.